The van der Waals surface area contributed by atoms with Gasteiger partial charge in [0.2, 0.25) is 0 Å². The minimum atomic E-state index is -5.29. The maximum Gasteiger partial charge on any atom is 0.427 e. The van der Waals surface area contributed by atoms with Crippen molar-refractivity contribution in [1.29, 1.82) is 0 Å². The molecule has 1 rings (SSSR count). The maximum atomic E-state index is 12.8. The molecule has 1 saturated carbocycles. The molecule has 10 nitrogen and oxygen atoms in total. The Morgan fingerprint density at radius 2 is 1.05 bits per heavy atom. The fourth-order valence-electron chi connectivity index (χ4n) is 4.27. The van der Waals surface area contributed by atoms with Crippen molar-refractivity contribution in [3.63, 3.8) is 0 Å². The van der Waals surface area contributed by atoms with Crippen LogP contribution in [0.2, 0.25) is 0 Å². The summed E-state index contributed by atoms with van der Waals surface area (Å²) >= 11 is 0. The van der Waals surface area contributed by atoms with Crippen LogP contribution in [0.25, 0.3) is 0 Å². The number of esters is 4. The van der Waals surface area contributed by atoms with Gasteiger partial charge < -0.3 is 29.2 Å². The monoisotopic (exact) mass is 542 g/mol. The van der Waals surface area contributed by atoms with Crippen molar-refractivity contribution < 1.29 is 61.5 Å². The molecule has 0 aromatic carbocycles. The molecule has 0 saturated heterocycles. The van der Waals surface area contributed by atoms with Crippen LogP contribution in [0.4, 0.5) is 13.2 Å². The van der Waals surface area contributed by atoms with Crippen LogP contribution in [0.3, 0.4) is 0 Å². The molecule has 3 atom stereocenters. The molecule has 0 bridgehead atoms. The fraction of sp³-hybridized carbons (Fsp3) is 0.833. The molecule has 13 heteroatoms. The highest BCUT2D eigenvalue weighted by Crippen LogP contribution is 2.45. The summed E-state index contributed by atoms with van der Waals surface area (Å²) in [5.74, 6) is -5.68. The van der Waals surface area contributed by atoms with Crippen molar-refractivity contribution in [2.45, 2.75) is 103 Å². The Hall–Kier alpha value is -2.41. The zero-order valence-electron chi connectivity index (χ0n) is 22.2. The molecule has 0 spiro atoms. The van der Waals surface area contributed by atoms with E-state index in [0.29, 0.717) is 12.8 Å². The molecule has 0 heterocycles. The van der Waals surface area contributed by atoms with Gasteiger partial charge in [-0.25, -0.2) is 19.2 Å². The van der Waals surface area contributed by atoms with E-state index in [9.17, 15) is 42.6 Å². The van der Waals surface area contributed by atoms with Gasteiger partial charge in [-0.1, -0.05) is 12.8 Å². The average molecular weight is 543 g/mol. The Morgan fingerprint density at radius 1 is 0.703 bits per heavy atom. The number of ether oxygens (including phenoxy) is 4. The third-order valence-electron chi connectivity index (χ3n) is 6.40. The van der Waals surface area contributed by atoms with E-state index in [4.69, 9.17) is 14.2 Å². The summed E-state index contributed by atoms with van der Waals surface area (Å²) in [7, 11) is 0. The SMILES string of the molecule is CC(C)(O)C(=O)OCC(=O)OC(C)(C)C1CCCCC1C(C)(C)OC(=O)COC(=O)C(C)(O)C(F)(F)F. The topological polar surface area (TPSA) is 146 Å². The van der Waals surface area contributed by atoms with E-state index in [2.05, 4.69) is 4.74 Å². The van der Waals surface area contributed by atoms with Gasteiger partial charge >= 0.3 is 30.1 Å². The van der Waals surface area contributed by atoms with Crippen LogP contribution in [-0.2, 0) is 38.1 Å². The van der Waals surface area contributed by atoms with Crippen molar-refractivity contribution in [1.82, 2.24) is 0 Å². The van der Waals surface area contributed by atoms with E-state index < -0.39 is 65.7 Å². The summed E-state index contributed by atoms with van der Waals surface area (Å²) in [5.41, 5.74) is -7.86. The summed E-state index contributed by atoms with van der Waals surface area (Å²) < 4.78 is 58.5. The number of halogens is 3. The fourth-order valence-corrected chi connectivity index (χ4v) is 4.27. The van der Waals surface area contributed by atoms with Gasteiger partial charge in [0.1, 0.15) is 11.2 Å². The van der Waals surface area contributed by atoms with Crippen LogP contribution >= 0.6 is 0 Å². The van der Waals surface area contributed by atoms with Crippen molar-refractivity contribution in [3.05, 3.63) is 0 Å². The zero-order valence-corrected chi connectivity index (χ0v) is 22.2. The minimum Gasteiger partial charge on any atom is -0.457 e. The van der Waals surface area contributed by atoms with Gasteiger partial charge in [-0.15, -0.1) is 0 Å². The smallest absolute Gasteiger partial charge is 0.427 e. The summed E-state index contributed by atoms with van der Waals surface area (Å²) in [6, 6.07) is 0. The van der Waals surface area contributed by atoms with Crippen molar-refractivity contribution >= 4 is 23.9 Å². The first-order valence-electron chi connectivity index (χ1n) is 11.8. The highest BCUT2D eigenvalue weighted by atomic mass is 19.4. The Balaban J connectivity index is 2.85. The largest absolute Gasteiger partial charge is 0.457 e. The third kappa shape index (κ3) is 8.84. The molecule has 1 aliphatic rings. The third-order valence-corrected chi connectivity index (χ3v) is 6.40. The quantitative estimate of drug-likeness (QED) is 0.312. The van der Waals surface area contributed by atoms with Crippen LogP contribution < -0.4 is 0 Å². The predicted octanol–water partition coefficient (Wildman–Crippen LogP) is 2.61. The van der Waals surface area contributed by atoms with Crippen LogP contribution in [0, 0.1) is 11.8 Å². The molecule has 1 fully saturated rings. The number of carbonyl (C=O) groups is 4. The number of carbonyl (C=O) groups excluding carboxylic acids is 4. The molecule has 0 aliphatic heterocycles. The Kier molecular flexibility index (Phi) is 10.2. The second kappa shape index (κ2) is 11.5. The van der Waals surface area contributed by atoms with Crippen molar-refractivity contribution in [2.24, 2.45) is 11.8 Å². The molecular weight excluding hydrogens is 505 g/mol. The summed E-state index contributed by atoms with van der Waals surface area (Å²) in [4.78, 5) is 48.0. The summed E-state index contributed by atoms with van der Waals surface area (Å²) in [5, 5.41) is 19.0. The first-order valence-corrected chi connectivity index (χ1v) is 11.8. The van der Waals surface area contributed by atoms with E-state index >= 15 is 0 Å². The van der Waals surface area contributed by atoms with Gasteiger partial charge in [0.25, 0.3) is 5.60 Å². The van der Waals surface area contributed by atoms with Crippen LogP contribution in [0.1, 0.15) is 74.1 Å². The van der Waals surface area contributed by atoms with Crippen molar-refractivity contribution in [2.75, 3.05) is 13.2 Å². The van der Waals surface area contributed by atoms with Gasteiger partial charge in [0.05, 0.1) is 0 Å². The highest BCUT2D eigenvalue weighted by Gasteiger charge is 2.57. The molecule has 0 amide bonds. The molecule has 0 aromatic heterocycles. The molecular formula is C24H37F3O10. The van der Waals surface area contributed by atoms with Gasteiger partial charge in [0.15, 0.2) is 18.8 Å². The maximum absolute atomic E-state index is 12.8. The number of aliphatic hydroxyl groups is 2. The summed E-state index contributed by atoms with van der Waals surface area (Å²) in [6.07, 6.45) is -2.55. The lowest BCUT2D eigenvalue weighted by Crippen LogP contribution is -2.52. The average Bonchev–Trinajstić information content (AvgIpc) is 2.73. The molecule has 1 aliphatic carbocycles. The first-order chi connectivity index (χ1) is 16.5. The number of hydrogen-bond donors (Lipinski definition) is 2. The first kappa shape index (κ1) is 32.6. The van der Waals surface area contributed by atoms with Crippen LogP contribution in [-0.4, -0.2) is 75.9 Å². The lowest BCUT2D eigenvalue weighted by atomic mass is 9.65. The standard InChI is InChI=1S/C24H37F3O10/c1-20(2,32)18(30)34-12-16(28)36-21(3,4)14-10-8-9-11-15(14)22(5,6)37-17(29)13-35-19(31)23(7,33)24(25,26)27/h14-15,32-33H,8-13H2,1-7H3. The highest BCUT2D eigenvalue weighted by molar-refractivity contribution is 5.83. The number of hydrogen-bond acceptors (Lipinski definition) is 10. The van der Waals surface area contributed by atoms with Crippen LogP contribution in [0.15, 0.2) is 0 Å². The lowest BCUT2D eigenvalue weighted by Gasteiger charge is -2.47. The summed E-state index contributed by atoms with van der Waals surface area (Å²) in [6.45, 7) is 7.27. The molecule has 37 heavy (non-hydrogen) atoms. The van der Waals surface area contributed by atoms with Crippen LogP contribution in [0.5, 0.6) is 0 Å². The van der Waals surface area contributed by atoms with Gasteiger partial charge in [-0.3, -0.25) is 0 Å². The minimum absolute atomic E-state index is 0.215. The number of alkyl halides is 3. The van der Waals surface area contributed by atoms with Gasteiger partial charge in [0, 0.05) is 11.8 Å². The molecule has 0 radical (unpaired) electrons. The predicted molar refractivity (Wildman–Crippen MR) is 121 cm³/mol. The van der Waals surface area contributed by atoms with E-state index in [1.54, 1.807) is 27.7 Å². The normalized spacial score (nSPS) is 20.9. The van der Waals surface area contributed by atoms with E-state index in [1.807, 2.05) is 0 Å². The zero-order chi connectivity index (χ0) is 29.0. The molecule has 214 valence electrons. The molecule has 0 aromatic rings. The van der Waals surface area contributed by atoms with Crippen molar-refractivity contribution in [3.8, 4) is 0 Å². The van der Waals surface area contributed by atoms with E-state index in [-0.39, 0.29) is 18.8 Å². The second-order valence-electron chi connectivity index (χ2n) is 10.9. The Bertz CT molecular complexity index is 856. The molecule has 3 unspecified atom stereocenters. The van der Waals surface area contributed by atoms with Gasteiger partial charge in [-0.05, 0) is 61.3 Å². The molecule has 2 N–H and O–H groups in total. The van der Waals surface area contributed by atoms with Gasteiger partial charge in [-0.2, -0.15) is 13.2 Å². The Morgan fingerprint density at radius 3 is 1.38 bits per heavy atom. The second-order valence-corrected chi connectivity index (χ2v) is 10.9. The number of rotatable bonds is 10. The Labute approximate surface area is 213 Å². The van der Waals surface area contributed by atoms with E-state index in [0.717, 1.165) is 12.8 Å². The van der Waals surface area contributed by atoms with E-state index in [1.165, 1.54) is 13.8 Å². The lowest BCUT2D eigenvalue weighted by molar-refractivity contribution is -0.257.